The minimum absolute atomic E-state index is 0.0550. The Hall–Kier alpha value is -2.85. The average Bonchev–Trinajstić information content (AvgIpc) is 2.69. The zero-order chi connectivity index (χ0) is 19.2. The van der Waals surface area contributed by atoms with Crippen LogP contribution >= 0.6 is 0 Å². The Morgan fingerprint density at radius 2 is 2.11 bits per heavy atom. The van der Waals surface area contributed by atoms with Crippen molar-refractivity contribution in [2.24, 2.45) is 5.92 Å². The molecular formula is C20H24N4O3. The first-order valence-corrected chi connectivity index (χ1v) is 9.17. The van der Waals surface area contributed by atoms with Crippen LogP contribution < -0.4 is 15.2 Å². The van der Waals surface area contributed by atoms with Crippen LogP contribution in [0.15, 0.2) is 29.1 Å². The second-order valence-corrected chi connectivity index (χ2v) is 6.75. The smallest absolute Gasteiger partial charge is 0.271 e. The van der Waals surface area contributed by atoms with Gasteiger partial charge in [-0.05, 0) is 31.2 Å². The van der Waals surface area contributed by atoms with Crippen LogP contribution in [-0.2, 0) is 6.42 Å². The van der Waals surface area contributed by atoms with E-state index in [-0.39, 0.29) is 12.2 Å². The Morgan fingerprint density at radius 1 is 1.37 bits per heavy atom. The summed E-state index contributed by atoms with van der Waals surface area (Å²) >= 11 is 0. The van der Waals surface area contributed by atoms with Gasteiger partial charge < -0.3 is 19.7 Å². The van der Waals surface area contributed by atoms with Crippen molar-refractivity contribution in [1.29, 1.82) is 5.26 Å². The van der Waals surface area contributed by atoms with Gasteiger partial charge in [0.15, 0.2) is 11.4 Å². The third kappa shape index (κ3) is 4.29. The highest BCUT2D eigenvalue weighted by molar-refractivity contribution is 5.53. The van der Waals surface area contributed by atoms with Gasteiger partial charge in [-0.2, -0.15) is 5.26 Å². The maximum absolute atomic E-state index is 12.4. The first-order chi connectivity index (χ1) is 13.2. The van der Waals surface area contributed by atoms with Crippen molar-refractivity contribution in [2.75, 3.05) is 31.7 Å². The number of ether oxygens (including phenoxy) is 1. The Bertz CT molecular complexity index is 880. The lowest BCUT2D eigenvalue weighted by Gasteiger charge is -2.33. The lowest BCUT2D eigenvalue weighted by Crippen LogP contribution is -2.36. The van der Waals surface area contributed by atoms with E-state index in [1.807, 2.05) is 35.2 Å². The molecule has 0 bridgehead atoms. The second kappa shape index (κ2) is 8.69. The molecule has 1 aromatic heterocycles. The monoisotopic (exact) mass is 368 g/mol. The van der Waals surface area contributed by atoms with Crippen molar-refractivity contribution in [3.63, 3.8) is 0 Å². The average molecular weight is 368 g/mol. The third-order valence-corrected chi connectivity index (χ3v) is 5.06. The summed E-state index contributed by atoms with van der Waals surface area (Å²) in [7, 11) is 1.61. The largest absolute Gasteiger partial charge is 0.496 e. The molecule has 3 rings (SSSR count). The van der Waals surface area contributed by atoms with Crippen LogP contribution in [0.1, 0.15) is 36.2 Å². The van der Waals surface area contributed by atoms with Crippen molar-refractivity contribution in [3.05, 3.63) is 51.6 Å². The quantitative estimate of drug-likeness (QED) is 0.807. The zero-order valence-electron chi connectivity index (χ0n) is 15.4. The van der Waals surface area contributed by atoms with Crippen molar-refractivity contribution >= 4 is 5.82 Å². The number of anilines is 1. The number of para-hydroxylation sites is 1. The van der Waals surface area contributed by atoms with E-state index in [0.29, 0.717) is 24.0 Å². The number of aromatic amines is 1. The van der Waals surface area contributed by atoms with Gasteiger partial charge in [-0.25, -0.2) is 4.98 Å². The number of hydrogen-bond donors (Lipinski definition) is 2. The van der Waals surface area contributed by atoms with Gasteiger partial charge in [0.05, 0.1) is 7.11 Å². The lowest BCUT2D eigenvalue weighted by atomic mass is 9.94. The number of rotatable bonds is 6. The predicted molar refractivity (Wildman–Crippen MR) is 102 cm³/mol. The Morgan fingerprint density at radius 3 is 2.78 bits per heavy atom. The number of nitrogens with one attached hydrogen (secondary N) is 1. The molecule has 1 aliphatic rings. The summed E-state index contributed by atoms with van der Waals surface area (Å²) in [5.74, 6) is 2.17. The molecule has 0 atom stereocenters. The molecule has 0 aliphatic carbocycles. The molecule has 0 saturated carbocycles. The van der Waals surface area contributed by atoms with Gasteiger partial charge in [0.1, 0.15) is 17.6 Å². The first-order valence-electron chi connectivity index (χ1n) is 9.17. The molecule has 1 aliphatic heterocycles. The van der Waals surface area contributed by atoms with E-state index in [9.17, 15) is 10.1 Å². The summed E-state index contributed by atoms with van der Waals surface area (Å²) in [6, 6.07) is 9.59. The fourth-order valence-corrected chi connectivity index (χ4v) is 3.57. The Kier molecular flexibility index (Phi) is 6.09. The fourth-order valence-electron chi connectivity index (χ4n) is 3.57. The van der Waals surface area contributed by atoms with E-state index in [1.165, 1.54) is 0 Å². The van der Waals surface area contributed by atoms with Crippen LogP contribution in [0.5, 0.6) is 5.75 Å². The highest BCUT2D eigenvalue weighted by Gasteiger charge is 2.24. The van der Waals surface area contributed by atoms with Gasteiger partial charge in [-0.3, -0.25) is 4.79 Å². The van der Waals surface area contributed by atoms with Crippen LogP contribution in [0.2, 0.25) is 0 Å². The first kappa shape index (κ1) is 18.9. The molecule has 7 heteroatoms. The number of aliphatic hydroxyl groups excluding tert-OH is 1. The lowest BCUT2D eigenvalue weighted by molar-refractivity contribution is 0.240. The number of hydrogen-bond acceptors (Lipinski definition) is 6. The van der Waals surface area contributed by atoms with E-state index in [0.717, 1.165) is 43.7 Å². The summed E-state index contributed by atoms with van der Waals surface area (Å²) < 4.78 is 5.37. The number of nitrogens with zero attached hydrogens (tertiary/aromatic N) is 3. The highest BCUT2D eigenvalue weighted by Crippen LogP contribution is 2.26. The Balaban J connectivity index is 1.88. The minimum Gasteiger partial charge on any atom is -0.496 e. The summed E-state index contributed by atoms with van der Waals surface area (Å²) in [6.07, 6.45) is 3.04. The molecule has 2 N–H and O–H groups in total. The SMILES string of the molecule is COc1ccccc1Cc1nc(N2CCC(CCO)CC2)c(C#N)c(=O)[nH]1. The molecule has 27 heavy (non-hydrogen) atoms. The third-order valence-electron chi connectivity index (χ3n) is 5.06. The van der Waals surface area contributed by atoms with Crippen molar-refractivity contribution in [3.8, 4) is 11.8 Å². The number of piperidine rings is 1. The standard InChI is InChI=1S/C20H24N4O3/c1-27-17-5-3-2-4-15(17)12-18-22-19(16(13-21)20(26)23-18)24-9-6-14(7-10-24)8-11-25/h2-5,14,25H,6-12H2,1H3,(H,22,23,26). The summed E-state index contributed by atoms with van der Waals surface area (Å²) in [6.45, 7) is 1.65. The van der Waals surface area contributed by atoms with Crippen molar-refractivity contribution in [1.82, 2.24) is 9.97 Å². The normalized spacial score (nSPS) is 14.8. The van der Waals surface area contributed by atoms with Gasteiger partial charge in [0.2, 0.25) is 0 Å². The van der Waals surface area contributed by atoms with E-state index in [2.05, 4.69) is 9.97 Å². The highest BCUT2D eigenvalue weighted by atomic mass is 16.5. The molecule has 7 nitrogen and oxygen atoms in total. The fraction of sp³-hybridized carbons (Fsp3) is 0.450. The molecule has 2 heterocycles. The minimum atomic E-state index is -0.412. The van der Waals surface area contributed by atoms with Crippen LogP contribution in [0.4, 0.5) is 5.82 Å². The number of nitriles is 1. The van der Waals surface area contributed by atoms with Crippen LogP contribution in [0.25, 0.3) is 0 Å². The Labute approximate surface area is 158 Å². The van der Waals surface area contributed by atoms with Gasteiger partial charge >= 0.3 is 0 Å². The number of H-pyrrole nitrogens is 1. The molecule has 1 saturated heterocycles. The number of benzene rings is 1. The summed E-state index contributed by atoms with van der Waals surface area (Å²) in [5.41, 5.74) is 0.560. The van der Waals surface area contributed by atoms with E-state index < -0.39 is 5.56 Å². The molecule has 0 amide bonds. The topological polar surface area (TPSA) is 102 Å². The molecule has 2 aromatic rings. The number of aliphatic hydroxyl groups is 1. The molecule has 0 unspecified atom stereocenters. The van der Waals surface area contributed by atoms with Gasteiger partial charge in [-0.15, -0.1) is 0 Å². The zero-order valence-corrected chi connectivity index (χ0v) is 15.4. The molecule has 1 aromatic carbocycles. The van der Waals surface area contributed by atoms with Gasteiger partial charge in [-0.1, -0.05) is 18.2 Å². The van der Waals surface area contributed by atoms with E-state index >= 15 is 0 Å². The van der Waals surface area contributed by atoms with Gasteiger partial charge in [0.25, 0.3) is 5.56 Å². The molecule has 0 radical (unpaired) electrons. The van der Waals surface area contributed by atoms with E-state index in [1.54, 1.807) is 7.11 Å². The predicted octanol–water partition coefficient (Wildman–Crippen LogP) is 1.84. The van der Waals surface area contributed by atoms with Crippen LogP contribution in [0, 0.1) is 17.2 Å². The number of methoxy groups -OCH3 is 1. The van der Waals surface area contributed by atoms with Crippen LogP contribution in [-0.4, -0.2) is 41.9 Å². The summed E-state index contributed by atoms with van der Waals surface area (Å²) in [5, 5.41) is 18.6. The van der Waals surface area contributed by atoms with Crippen LogP contribution in [0.3, 0.4) is 0 Å². The van der Waals surface area contributed by atoms with Crippen molar-refractivity contribution < 1.29 is 9.84 Å². The molecular weight excluding hydrogens is 344 g/mol. The number of aromatic nitrogens is 2. The summed E-state index contributed by atoms with van der Waals surface area (Å²) in [4.78, 5) is 21.8. The maximum atomic E-state index is 12.4. The molecule has 0 spiro atoms. The van der Waals surface area contributed by atoms with Crippen molar-refractivity contribution in [2.45, 2.75) is 25.7 Å². The van der Waals surface area contributed by atoms with E-state index in [4.69, 9.17) is 9.84 Å². The molecule has 1 fully saturated rings. The second-order valence-electron chi connectivity index (χ2n) is 6.75. The van der Waals surface area contributed by atoms with Gasteiger partial charge in [0, 0.05) is 31.7 Å². The molecule has 142 valence electrons. The maximum Gasteiger partial charge on any atom is 0.271 e.